The molecule has 0 aliphatic carbocycles. The van der Waals surface area contributed by atoms with Gasteiger partial charge in [-0.2, -0.15) is 0 Å². The average Bonchev–Trinajstić information content (AvgIpc) is 2.77. The Hall–Kier alpha value is -2.57. The van der Waals surface area contributed by atoms with Crippen LogP contribution in [-0.4, -0.2) is 55.0 Å². The van der Waals surface area contributed by atoms with Gasteiger partial charge in [0.25, 0.3) is 0 Å². The Bertz CT molecular complexity index is 1180. The minimum absolute atomic E-state index is 0.0298. The Morgan fingerprint density at radius 3 is 1.83 bits per heavy atom. The van der Waals surface area contributed by atoms with Gasteiger partial charge in [0.1, 0.15) is 5.82 Å². The third-order valence-corrected chi connectivity index (χ3v) is 9.46. The fraction of sp³-hybridized carbons (Fsp3) is 0.348. The van der Waals surface area contributed by atoms with E-state index in [4.69, 9.17) is 14.2 Å². The van der Waals surface area contributed by atoms with Crippen LogP contribution in [-0.2, 0) is 38.4 Å². The van der Waals surface area contributed by atoms with E-state index < -0.39 is 56.5 Å². The molecule has 12 heteroatoms. The van der Waals surface area contributed by atoms with Crippen LogP contribution in [0, 0.1) is 5.82 Å². The number of halogens is 1. The highest BCUT2D eigenvalue weighted by atomic mass is 32.2. The molecule has 8 nitrogen and oxygen atoms in total. The molecule has 0 saturated carbocycles. The molecule has 0 N–H and O–H groups in total. The first kappa shape index (κ1) is 27.0. The maximum Gasteiger partial charge on any atom is 0.303 e. The highest BCUT2D eigenvalue weighted by Crippen LogP contribution is 2.42. The molecule has 188 valence electrons. The molecule has 2 aromatic rings. The Morgan fingerprint density at radius 1 is 0.829 bits per heavy atom. The second-order valence-corrected chi connectivity index (χ2v) is 12.2. The number of carbonyl (C=O) groups excluding carboxylic acids is 3. The van der Waals surface area contributed by atoms with Crippen molar-refractivity contribution in [1.29, 1.82) is 0 Å². The smallest absolute Gasteiger partial charge is 0.303 e. The van der Waals surface area contributed by atoms with E-state index in [1.54, 1.807) is 12.1 Å². The van der Waals surface area contributed by atoms with Crippen LogP contribution in [0.25, 0.3) is 0 Å². The molecule has 0 spiro atoms. The topological polar surface area (TPSA) is 113 Å². The van der Waals surface area contributed by atoms with Gasteiger partial charge in [-0.3, -0.25) is 14.4 Å². The van der Waals surface area contributed by atoms with Crippen LogP contribution in [0.3, 0.4) is 0 Å². The molecule has 0 aromatic heterocycles. The predicted octanol–water partition coefficient (Wildman–Crippen LogP) is 3.62. The molecule has 3 rings (SSSR count). The summed E-state index contributed by atoms with van der Waals surface area (Å²) in [6.45, 7) is 3.67. The van der Waals surface area contributed by atoms with E-state index in [0.717, 1.165) is 12.1 Å². The molecule has 0 unspecified atom stereocenters. The second-order valence-electron chi connectivity index (χ2n) is 7.54. The number of thioether (sulfide) groups is 2. The summed E-state index contributed by atoms with van der Waals surface area (Å²) in [5.74, 6) is -2.01. The summed E-state index contributed by atoms with van der Waals surface area (Å²) in [5.41, 5.74) is 0. The molecule has 1 aliphatic rings. The third kappa shape index (κ3) is 6.98. The van der Waals surface area contributed by atoms with Gasteiger partial charge in [0.2, 0.25) is 9.84 Å². The summed E-state index contributed by atoms with van der Waals surface area (Å²) in [5, 5.41) is 0. The number of sulfone groups is 1. The van der Waals surface area contributed by atoms with Crippen molar-refractivity contribution in [3.05, 3.63) is 54.3 Å². The van der Waals surface area contributed by atoms with Gasteiger partial charge in [-0.15, -0.1) is 23.5 Å². The van der Waals surface area contributed by atoms with Gasteiger partial charge in [0.05, 0.1) is 14.4 Å². The van der Waals surface area contributed by atoms with Crippen molar-refractivity contribution in [2.45, 2.75) is 58.4 Å². The summed E-state index contributed by atoms with van der Waals surface area (Å²) in [6.07, 6.45) is -2.73. The fourth-order valence-corrected chi connectivity index (χ4v) is 7.44. The van der Waals surface area contributed by atoms with Crippen molar-refractivity contribution in [2.24, 2.45) is 0 Å². The maximum absolute atomic E-state index is 13.2. The van der Waals surface area contributed by atoms with Crippen molar-refractivity contribution in [3.63, 3.8) is 0 Å². The number of esters is 3. The van der Waals surface area contributed by atoms with Crippen molar-refractivity contribution in [2.75, 3.05) is 5.75 Å². The molecule has 1 saturated heterocycles. The summed E-state index contributed by atoms with van der Waals surface area (Å²) in [7, 11) is -3.83. The normalized spacial score (nSPS) is 22.2. The summed E-state index contributed by atoms with van der Waals surface area (Å²) in [6, 6.07) is 10.6. The van der Waals surface area contributed by atoms with E-state index in [1.165, 1.54) is 68.6 Å². The highest BCUT2D eigenvalue weighted by molar-refractivity contribution is 8.17. The lowest BCUT2D eigenvalue weighted by molar-refractivity contribution is -0.180. The fourth-order valence-electron chi connectivity index (χ4n) is 3.39. The number of benzene rings is 2. The SMILES string of the molecule is CC(=O)O[C@@H]1[C@@H](OC(C)=O)[C@H](Sc2ccc(S(=O)(=O)c3ccc(F)cc3)cc2)SC[C@H]1OC(C)=O. The summed E-state index contributed by atoms with van der Waals surface area (Å²) >= 11 is 2.65. The first-order valence-corrected chi connectivity index (χ1v) is 13.8. The number of hydrogen-bond acceptors (Lipinski definition) is 10. The monoisotopic (exact) mass is 542 g/mol. The van der Waals surface area contributed by atoms with Crippen LogP contribution in [0.5, 0.6) is 0 Å². The minimum atomic E-state index is -3.83. The van der Waals surface area contributed by atoms with Gasteiger partial charge in [-0.25, -0.2) is 12.8 Å². The van der Waals surface area contributed by atoms with Crippen molar-refractivity contribution < 1.29 is 41.4 Å². The van der Waals surface area contributed by atoms with Gasteiger partial charge in [-0.1, -0.05) is 0 Å². The molecule has 0 bridgehead atoms. The van der Waals surface area contributed by atoms with Crippen LogP contribution < -0.4 is 0 Å². The molecule has 0 radical (unpaired) electrons. The van der Waals surface area contributed by atoms with Crippen molar-refractivity contribution in [3.8, 4) is 0 Å². The van der Waals surface area contributed by atoms with Crippen LogP contribution in [0.4, 0.5) is 4.39 Å². The van der Waals surface area contributed by atoms with Crippen LogP contribution in [0.2, 0.25) is 0 Å². The average molecular weight is 543 g/mol. The molecule has 2 aromatic carbocycles. The lowest BCUT2D eigenvalue weighted by Crippen LogP contribution is -2.53. The Morgan fingerprint density at radius 2 is 1.31 bits per heavy atom. The molecule has 1 aliphatic heterocycles. The maximum atomic E-state index is 13.2. The van der Waals surface area contributed by atoms with Gasteiger partial charge in [0, 0.05) is 31.4 Å². The number of hydrogen-bond donors (Lipinski definition) is 0. The van der Waals surface area contributed by atoms with E-state index in [9.17, 15) is 27.2 Å². The molecule has 35 heavy (non-hydrogen) atoms. The zero-order chi connectivity index (χ0) is 25.8. The van der Waals surface area contributed by atoms with E-state index in [1.807, 2.05) is 0 Å². The molecule has 0 amide bonds. The molecule has 1 heterocycles. The van der Waals surface area contributed by atoms with E-state index in [-0.39, 0.29) is 9.79 Å². The zero-order valence-electron chi connectivity index (χ0n) is 19.0. The number of rotatable bonds is 7. The quantitative estimate of drug-likeness (QED) is 0.292. The van der Waals surface area contributed by atoms with Gasteiger partial charge >= 0.3 is 17.9 Å². The Balaban J connectivity index is 1.83. The molecular weight excluding hydrogens is 519 g/mol. The van der Waals surface area contributed by atoms with Crippen molar-refractivity contribution >= 4 is 51.3 Å². The van der Waals surface area contributed by atoms with Crippen LogP contribution in [0.1, 0.15) is 20.8 Å². The molecule has 1 fully saturated rings. The third-order valence-electron chi connectivity index (χ3n) is 4.81. The lowest BCUT2D eigenvalue weighted by atomic mass is 10.1. The zero-order valence-corrected chi connectivity index (χ0v) is 21.5. The predicted molar refractivity (Wildman–Crippen MR) is 127 cm³/mol. The van der Waals surface area contributed by atoms with Gasteiger partial charge in [0.15, 0.2) is 18.3 Å². The first-order chi connectivity index (χ1) is 16.5. The van der Waals surface area contributed by atoms with E-state index in [2.05, 4.69) is 0 Å². The second kappa shape index (κ2) is 11.4. The number of carbonyl (C=O) groups is 3. The van der Waals surface area contributed by atoms with Gasteiger partial charge in [-0.05, 0) is 48.5 Å². The highest BCUT2D eigenvalue weighted by Gasteiger charge is 2.46. The standard InChI is InChI=1S/C23H23FO8S3/c1-13(25)30-20-12-33-23(22(32-15(3)27)21(20)31-14(2)26)34-17-6-10-19(11-7-17)35(28,29)18-8-4-16(24)5-9-18/h4-11,20-23H,12H2,1-3H3/t20-,21+,22-,23+/m1/s1. The Labute approximate surface area is 210 Å². The van der Waals surface area contributed by atoms with Crippen molar-refractivity contribution in [1.82, 2.24) is 0 Å². The Kier molecular flexibility index (Phi) is 8.84. The van der Waals surface area contributed by atoms with E-state index >= 15 is 0 Å². The number of ether oxygens (including phenoxy) is 3. The first-order valence-electron chi connectivity index (χ1n) is 10.4. The van der Waals surface area contributed by atoms with Crippen LogP contribution >= 0.6 is 23.5 Å². The van der Waals surface area contributed by atoms with E-state index in [0.29, 0.717) is 10.6 Å². The largest absolute Gasteiger partial charge is 0.458 e. The lowest BCUT2D eigenvalue weighted by Gasteiger charge is -2.39. The summed E-state index contributed by atoms with van der Waals surface area (Å²) in [4.78, 5) is 35.7. The minimum Gasteiger partial charge on any atom is -0.458 e. The van der Waals surface area contributed by atoms with Crippen LogP contribution in [0.15, 0.2) is 63.2 Å². The van der Waals surface area contributed by atoms with Gasteiger partial charge < -0.3 is 14.2 Å². The molecular formula is C23H23FO8S3. The molecule has 4 atom stereocenters. The summed E-state index contributed by atoms with van der Waals surface area (Å²) < 4.78 is 54.5.